The summed E-state index contributed by atoms with van der Waals surface area (Å²) in [5.74, 6) is 0.542. The zero-order valence-electron chi connectivity index (χ0n) is 31.4. The number of pyridine rings is 1. The number of aromatic nitrogens is 2. The van der Waals surface area contributed by atoms with Gasteiger partial charge in [0.25, 0.3) is 0 Å². The molecule has 13 heteroatoms. The van der Waals surface area contributed by atoms with Gasteiger partial charge in [0.15, 0.2) is 0 Å². The first-order valence-electron chi connectivity index (χ1n) is 16.9. The van der Waals surface area contributed by atoms with Crippen molar-refractivity contribution in [1.82, 2.24) is 9.97 Å². The molecule has 2 saturated heterocycles. The molecule has 2 aliphatic heterocycles. The summed E-state index contributed by atoms with van der Waals surface area (Å²) in [5, 5.41) is 1.31. The van der Waals surface area contributed by atoms with Crippen molar-refractivity contribution < 1.29 is 33.1 Å². The van der Waals surface area contributed by atoms with Crippen LogP contribution in [-0.2, 0) is 23.5 Å². The second-order valence-electron chi connectivity index (χ2n) is 14.8. The molecular formula is C37H58BClN4O7. The lowest BCUT2D eigenvalue weighted by Crippen LogP contribution is -2.45. The van der Waals surface area contributed by atoms with Crippen molar-refractivity contribution in [3.63, 3.8) is 0 Å². The number of hydrogen-bond donors (Lipinski definition) is 1. The first-order valence-corrected chi connectivity index (χ1v) is 17.2. The van der Waals surface area contributed by atoms with Crippen LogP contribution in [-0.4, -0.2) is 77.5 Å². The highest BCUT2D eigenvalue weighted by atomic mass is 35.5. The number of nitrogens with one attached hydrogen (secondary N) is 1. The van der Waals surface area contributed by atoms with Crippen molar-refractivity contribution in [2.45, 2.75) is 126 Å². The third-order valence-electron chi connectivity index (χ3n) is 7.97. The van der Waals surface area contributed by atoms with Crippen LogP contribution in [0.25, 0.3) is 10.9 Å². The monoisotopic (exact) mass is 716 g/mol. The van der Waals surface area contributed by atoms with Crippen molar-refractivity contribution in [1.29, 1.82) is 0 Å². The minimum atomic E-state index is -0.852. The van der Waals surface area contributed by atoms with Gasteiger partial charge in [-0.25, -0.2) is 14.6 Å². The predicted molar refractivity (Wildman–Crippen MR) is 204 cm³/mol. The quantitative estimate of drug-likeness (QED) is 0.210. The SMILES string of the molecule is C.CC.CC1(C)OB(c2cccc3[nH]ccc23)OC1(C)C.C[C@@H]1COCCN1c1cc(N(C(=O)OC(C)(C)C)C(=O)OC(C)(C)C)cc(Cl)n1. The van der Waals surface area contributed by atoms with Crippen LogP contribution in [0.2, 0.25) is 5.15 Å². The smallest absolute Gasteiger partial charge is 0.443 e. The molecule has 1 atom stereocenters. The number of ether oxygens (including phenoxy) is 3. The molecule has 0 spiro atoms. The molecule has 3 aromatic rings. The van der Waals surface area contributed by atoms with Crippen LogP contribution in [0, 0.1) is 0 Å². The molecule has 11 nitrogen and oxygen atoms in total. The van der Waals surface area contributed by atoms with Crippen LogP contribution in [0.5, 0.6) is 0 Å². The predicted octanol–water partition coefficient (Wildman–Crippen LogP) is 8.77. The number of benzene rings is 1. The molecule has 0 unspecified atom stereocenters. The van der Waals surface area contributed by atoms with Crippen molar-refractivity contribution in [2.75, 3.05) is 29.6 Å². The normalized spacial score (nSPS) is 18.2. The fourth-order valence-corrected chi connectivity index (χ4v) is 5.20. The Bertz CT molecular complexity index is 1540. The maximum Gasteiger partial charge on any atom is 0.495 e. The molecule has 2 amide bonds. The van der Waals surface area contributed by atoms with E-state index in [0.29, 0.717) is 25.6 Å². The third-order valence-corrected chi connectivity index (χ3v) is 8.17. The number of morpholine rings is 1. The fraction of sp³-hybridized carbons (Fsp3) is 0.595. The lowest BCUT2D eigenvalue weighted by Gasteiger charge is -2.35. The number of aromatic amines is 1. The van der Waals surface area contributed by atoms with Gasteiger partial charge in [0.05, 0.1) is 36.1 Å². The number of rotatable bonds is 3. The highest BCUT2D eigenvalue weighted by molar-refractivity contribution is 6.65. The Morgan fingerprint density at radius 1 is 0.980 bits per heavy atom. The maximum atomic E-state index is 12.9. The lowest BCUT2D eigenvalue weighted by molar-refractivity contribution is 0.00578. The minimum absolute atomic E-state index is 0. The molecule has 0 radical (unpaired) electrons. The molecule has 1 aromatic carbocycles. The second kappa shape index (κ2) is 16.8. The van der Waals surface area contributed by atoms with Gasteiger partial charge in [-0.05, 0) is 99.1 Å². The Labute approximate surface area is 304 Å². The average molecular weight is 717 g/mol. The van der Waals surface area contributed by atoms with Gasteiger partial charge in [0.2, 0.25) is 0 Å². The Kier molecular flexibility index (Phi) is 14.4. The summed E-state index contributed by atoms with van der Waals surface area (Å²) >= 11 is 6.24. The van der Waals surface area contributed by atoms with Crippen LogP contribution < -0.4 is 15.3 Å². The first kappa shape index (κ1) is 42.9. The molecule has 1 N–H and O–H groups in total. The highest BCUT2D eigenvalue weighted by Gasteiger charge is 2.52. The fourth-order valence-electron chi connectivity index (χ4n) is 5.00. The summed E-state index contributed by atoms with van der Waals surface area (Å²) in [6.07, 6.45) is 0.240. The molecule has 2 aliphatic rings. The summed E-state index contributed by atoms with van der Waals surface area (Å²) in [6.45, 7) is 26.3. The summed E-state index contributed by atoms with van der Waals surface area (Å²) in [6, 6.07) is 11.3. The number of fused-ring (bicyclic) bond motifs is 1. The van der Waals surface area contributed by atoms with Gasteiger partial charge >= 0.3 is 19.3 Å². The van der Waals surface area contributed by atoms with Crippen LogP contribution in [0.1, 0.15) is 97.4 Å². The topological polar surface area (TPSA) is 115 Å². The van der Waals surface area contributed by atoms with Gasteiger partial charge in [0, 0.05) is 30.4 Å². The van der Waals surface area contributed by atoms with Crippen LogP contribution in [0.15, 0.2) is 42.6 Å². The molecule has 4 heterocycles. The third kappa shape index (κ3) is 10.8. The van der Waals surface area contributed by atoms with Crippen molar-refractivity contribution >= 4 is 58.8 Å². The van der Waals surface area contributed by atoms with Crippen molar-refractivity contribution in [3.05, 3.63) is 47.7 Å². The Balaban J connectivity index is 0.000000353. The zero-order chi connectivity index (χ0) is 36.9. The number of H-pyrrole nitrogens is 1. The summed E-state index contributed by atoms with van der Waals surface area (Å²) < 4.78 is 28.5. The minimum Gasteiger partial charge on any atom is -0.443 e. The molecule has 2 fully saturated rings. The summed E-state index contributed by atoms with van der Waals surface area (Å²) in [7, 11) is -0.297. The van der Waals surface area contributed by atoms with E-state index in [-0.39, 0.29) is 42.6 Å². The molecule has 0 bridgehead atoms. The lowest BCUT2D eigenvalue weighted by atomic mass is 9.77. The van der Waals surface area contributed by atoms with Gasteiger partial charge in [-0.15, -0.1) is 0 Å². The van der Waals surface area contributed by atoms with E-state index in [9.17, 15) is 9.59 Å². The van der Waals surface area contributed by atoms with E-state index in [4.69, 9.17) is 35.1 Å². The van der Waals surface area contributed by atoms with E-state index >= 15 is 0 Å². The number of amides is 2. The number of carbonyl (C=O) groups is 2. The van der Waals surface area contributed by atoms with Crippen molar-refractivity contribution in [3.8, 4) is 0 Å². The number of nitrogens with zero attached hydrogens (tertiary/aromatic N) is 3. The number of carbonyl (C=O) groups excluding carboxylic acids is 2. The maximum absolute atomic E-state index is 12.9. The van der Waals surface area contributed by atoms with Crippen LogP contribution in [0.3, 0.4) is 0 Å². The molecule has 2 aromatic heterocycles. The first-order chi connectivity index (χ1) is 22.7. The zero-order valence-corrected chi connectivity index (χ0v) is 32.2. The van der Waals surface area contributed by atoms with Gasteiger partial charge in [-0.1, -0.05) is 45.0 Å². The summed E-state index contributed by atoms with van der Waals surface area (Å²) in [4.78, 5) is 36.1. The van der Waals surface area contributed by atoms with E-state index in [0.717, 1.165) is 21.3 Å². The number of anilines is 2. The van der Waals surface area contributed by atoms with Gasteiger partial charge < -0.3 is 33.4 Å². The molecule has 50 heavy (non-hydrogen) atoms. The van der Waals surface area contributed by atoms with Gasteiger partial charge in [-0.3, -0.25) is 0 Å². The van der Waals surface area contributed by atoms with E-state index < -0.39 is 23.4 Å². The van der Waals surface area contributed by atoms with Gasteiger partial charge in [0.1, 0.15) is 22.2 Å². The molecular weight excluding hydrogens is 659 g/mol. The Morgan fingerprint density at radius 3 is 2.06 bits per heavy atom. The van der Waals surface area contributed by atoms with E-state index in [2.05, 4.69) is 55.9 Å². The Morgan fingerprint density at radius 2 is 1.54 bits per heavy atom. The molecule has 0 saturated carbocycles. The van der Waals surface area contributed by atoms with Crippen LogP contribution >= 0.6 is 11.6 Å². The van der Waals surface area contributed by atoms with Crippen LogP contribution in [0.4, 0.5) is 21.1 Å². The Hall–Kier alpha value is -3.32. The van der Waals surface area contributed by atoms with E-state index in [1.54, 1.807) is 47.6 Å². The average Bonchev–Trinajstić information content (AvgIpc) is 3.53. The van der Waals surface area contributed by atoms with Gasteiger partial charge in [-0.2, -0.15) is 4.90 Å². The van der Waals surface area contributed by atoms with E-state index in [1.165, 1.54) is 6.07 Å². The number of imide groups is 1. The van der Waals surface area contributed by atoms with E-state index in [1.807, 2.05) is 37.9 Å². The largest absolute Gasteiger partial charge is 0.495 e. The number of hydrogen-bond acceptors (Lipinski definition) is 9. The number of halogens is 1. The standard InChI is InChI=1S/C20H30ClN3O5.C14H18BNO2.C2H6.CH4/c1-13-12-27-9-8-23(13)16-11-14(10-15(21)22-16)24(17(25)28-19(2,3)4)18(26)29-20(5,6)7;1-13(2)14(3,4)18-15(17-13)11-6-5-7-12-10(11)8-9-16-12;1-2;/h10-11,13H,8-9,12H2,1-7H3;5-9,16H,1-4H3;1-2H3;1H4/t13-;;;/m1.../s1. The summed E-state index contributed by atoms with van der Waals surface area (Å²) in [5.41, 5.74) is 0.245. The van der Waals surface area contributed by atoms with Crippen molar-refractivity contribution in [2.24, 2.45) is 0 Å². The second-order valence-corrected chi connectivity index (χ2v) is 15.2. The highest BCUT2D eigenvalue weighted by Crippen LogP contribution is 2.37. The molecule has 278 valence electrons. The molecule has 0 aliphatic carbocycles. The molecule has 5 rings (SSSR count).